The monoisotopic (exact) mass is 557 g/mol. The van der Waals surface area contributed by atoms with Crippen molar-refractivity contribution in [2.45, 2.75) is 38.4 Å². The number of rotatable bonds is 6. The Morgan fingerprint density at radius 1 is 1.03 bits per heavy atom. The van der Waals surface area contributed by atoms with E-state index in [0.717, 1.165) is 17.1 Å². The van der Waals surface area contributed by atoms with Gasteiger partial charge in [0, 0.05) is 26.7 Å². The smallest absolute Gasteiger partial charge is 0.193 e. The second kappa shape index (κ2) is 11.3. The zero-order valence-electron chi connectivity index (χ0n) is 18.4. The van der Waals surface area contributed by atoms with Crippen LogP contribution in [0, 0.1) is 0 Å². The molecular weight excluding hydrogens is 525 g/mol. The van der Waals surface area contributed by atoms with Crippen LogP contribution in [0.3, 0.4) is 0 Å². The number of hydrogen-bond donors (Lipinski definition) is 1. The number of halogens is 1. The molecule has 1 heterocycles. The molecule has 0 aromatic heterocycles. The molecule has 2 aromatic carbocycles. The van der Waals surface area contributed by atoms with Gasteiger partial charge in [-0.15, -0.1) is 24.0 Å². The first-order valence-corrected chi connectivity index (χ1v) is 11.8. The van der Waals surface area contributed by atoms with Gasteiger partial charge in [0.2, 0.25) is 0 Å². The predicted octanol–water partition coefficient (Wildman–Crippen LogP) is 3.61. The van der Waals surface area contributed by atoms with Crippen LogP contribution in [0.15, 0.2) is 59.6 Å². The number of hydrogen-bond acceptors (Lipinski definition) is 4. The lowest BCUT2D eigenvalue weighted by Crippen LogP contribution is -2.57. The Balaban J connectivity index is 0.00000341. The van der Waals surface area contributed by atoms with Gasteiger partial charge in [-0.2, -0.15) is 0 Å². The molecule has 1 aliphatic rings. The number of nitrogens with zero attached hydrogens (tertiary/aromatic N) is 2. The van der Waals surface area contributed by atoms with E-state index in [-0.39, 0.29) is 29.7 Å². The van der Waals surface area contributed by atoms with Gasteiger partial charge in [0.1, 0.15) is 0 Å². The summed E-state index contributed by atoms with van der Waals surface area (Å²) in [6, 6.07) is 18.4. The molecule has 0 bridgehead atoms. The molecule has 1 N–H and O–H groups in total. The van der Waals surface area contributed by atoms with Crippen molar-refractivity contribution in [3.8, 4) is 0 Å². The van der Waals surface area contributed by atoms with Crippen molar-refractivity contribution < 1.29 is 13.2 Å². The zero-order valence-corrected chi connectivity index (χ0v) is 21.5. The van der Waals surface area contributed by atoms with Crippen LogP contribution >= 0.6 is 24.0 Å². The van der Waals surface area contributed by atoms with Crippen molar-refractivity contribution in [3.05, 3.63) is 71.3 Å². The summed E-state index contributed by atoms with van der Waals surface area (Å²) in [5, 5.41) is 3.35. The summed E-state index contributed by atoms with van der Waals surface area (Å²) < 4.78 is 29.5. The zero-order chi connectivity index (χ0) is 21.6. The number of aliphatic imine (C=N–C) groups is 1. The molecule has 1 aliphatic heterocycles. The fourth-order valence-electron chi connectivity index (χ4n) is 3.45. The van der Waals surface area contributed by atoms with Gasteiger partial charge in [-0.3, -0.25) is 4.99 Å². The van der Waals surface area contributed by atoms with Crippen molar-refractivity contribution >= 4 is 39.8 Å². The Kier molecular flexibility index (Phi) is 9.32. The van der Waals surface area contributed by atoms with Gasteiger partial charge in [0.15, 0.2) is 15.8 Å². The van der Waals surface area contributed by atoms with E-state index in [0.29, 0.717) is 32.8 Å². The molecule has 0 amide bonds. The average Bonchev–Trinajstić information content (AvgIpc) is 2.73. The van der Waals surface area contributed by atoms with E-state index >= 15 is 0 Å². The molecule has 0 radical (unpaired) electrons. The number of ether oxygens (including phenoxy) is 1. The second-order valence-corrected chi connectivity index (χ2v) is 10.9. The van der Waals surface area contributed by atoms with Crippen LogP contribution in [0.2, 0.25) is 0 Å². The quantitative estimate of drug-likeness (QED) is 0.334. The van der Waals surface area contributed by atoms with Gasteiger partial charge in [0.05, 0.1) is 23.7 Å². The minimum atomic E-state index is -3.07. The van der Waals surface area contributed by atoms with Crippen LogP contribution in [0.5, 0.6) is 0 Å². The first-order chi connectivity index (χ1) is 14.3. The van der Waals surface area contributed by atoms with E-state index in [1.54, 1.807) is 20.9 Å². The van der Waals surface area contributed by atoms with E-state index < -0.39 is 14.6 Å². The molecule has 1 fully saturated rings. The summed E-state index contributed by atoms with van der Waals surface area (Å²) in [6.07, 6.45) is 0. The second-order valence-electron chi connectivity index (χ2n) is 8.20. The minimum absolute atomic E-state index is 0. The Morgan fingerprint density at radius 2 is 1.61 bits per heavy atom. The van der Waals surface area contributed by atoms with Crippen LogP contribution in [-0.2, 0) is 34.3 Å². The summed E-state index contributed by atoms with van der Waals surface area (Å²) >= 11 is 0. The van der Waals surface area contributed by atoms with E-state index in [4.69, 9.17) is 4.74 Å². The summed E-state index contributed by atoms with van der Waals surface area (Å²) in [5.41, 5.74) is 3.42. The fraction of sp³-hybridized carbons (Fsp3) is 0.435. The van der Waals surface area contributed by atoms with Crippen molar-refractivity contribution in [1.82, 2.24) is 10.2 Å². The Morgan fingerprint density at radius 3 is 2.19 bits per heavy atom. The first kappa shape index (κ1) is 25.6. The Hall–Kier alpha value is -1.65. The van der Waals surface area contributed by atoms with Gasteiger partial charge < -0.3 is 15.0 Å². The molecule has 170 valence electrons. The lowest BCUT2D eigenvalue weighted by atomic mass is 10.1. The van der Waals surface area contributed by atoms with Crippen molar-refractivity contribution in [1.29, 1.82) is 0 Å². The lowest BCUT2D eigenvalue weighted by Gasteiger charge is -2.39. The Labute approximate surface area is 203 Å². The molecule has 0 spiro atoms. The van der Waals surface area contributed by atoms with Gasteiger partial charge in [0.25, 0.3) is 0 Å². The van der Waals surface area contributed by atoms with Crippen molar-refractivity contribution in [2.75, 3.05) is 25.9 Å². The third kappa shape index (κ3) is 6.92. The molecule has 8 heteroatoms. The Bertz CT molecular complexity index is 961. The van der Waals surface area contributed by atoms with Gasteiger partial charge in [-0.05, 0) is 30.5 Å². The van der Waals surface area contributed by atoms with E-state index in [1.807, 2.05) is 23.1 Å². The third-order valence-electron chi connectivity index (χ3n) is 5.41. The predicted molar refractivity (Wildman–Crippen MR) is 136 cm³/mol. The first-order valence-electron chi connectivity index (χ1n) is 10.2. The number of sulfone groups is 1. The maximum absolute atomic E-state index is 12.2. The minimum Gasteiger partial charge on any atom is -0.372 e. The standard InChI is InChI=1S/C23H31N3O3S.HI/c1-23(2)18-26(13-14-30(23,27)28)22(24-3)25-15-19-9-11-21(12-10-19)17-29-16-20-7-5-4-6-8-20;/h4-12H,13-18H2,1-3H3,(H,24,25);1H. The van der Waals surface area contributed by atoms with E-state index in [1.165, 1.54) is 5.56 Å². The van der Waals surface area contributed by atoms with Crippen LogP contribution in [-0.4, -0.2) is 49.9 Å². The molecule has 31 heavy (non-hydrogen) atoms. The SMILES string of the molecule is CN=C(NCc1ccc(COCc2ccccc2)cc1)N1CCS(=O)(=O)C(C)(C)C1.I. The molecule has 0 atom stereocenters. The molecule has 0 aliphatic carbocycles. The number of nitrogens with one attached hydrogen (secondary N) is 1. The summed E-state index contributed by atoms with van der Waals surface area (Å²) in [6.45, 7) is 6.25. The molecular formula is C23H32IN3O3S. The fourth-order valence-corrected chi connectivity index (χ4v) is 4.82. The topological polar surface area (TPSA) is 71.0 Å². The summed E-state index contributed by atoms with van der Waals surface area (Å²) in [5.74, 6) is 0.881. The summed E-state index contributed by atoms with van der Waals surface area (Å²) in [4.78, 5) is 6.36. The molecule has 3 rings (SSSR count). The van der Waals surface area contributed by atoms with Gasteiger partial charge in [-0.25, -0.2) is 8.42 Å². The molecule has 1 saturated heterocycles. The van der Waals surface area contributed by atoms with Crippen LogP contribution < -0.4 is 5.32 Å². The van der Waals surface area contributed by atoms with Gasteiger partial charge >= 0.3 is 0 Å². The largest absolute Gasteiger partial charge is 0.372 e. The maximum Gasteiger partial charge on any atom is 0.193 e. The highest BCUT2D eigenvalue weighted by Gasteiger charge is 2.40. The van der Waals surface area contributed by atoms with E-state index in [9.17, 15) is 8.42 Å². The average molecular weight is 557 g/mol. The van der Waals surface area contributed by atoms with Crippen LogP contribution in [0.25, 0.3) is 0 Å². The third-order valence-corrected chi connectivity index (χ3v) is 7.94. The molecule has 0 saturated carbocycles. The van der Waals surface area contributed by atoms with Crippen molar-refractivity contribution in [2.24, 2.45) is 4.99 Å². The number of benzene rings is 2. The highest BCUT2D eigenvalue weighted by molar-refractivity contribution is 14.0. The molecule has 0 unspecified atom stereocenters. The van der Waals surface area contributed by atoms with Crippen molar-refractivity contribution in [3.63, 3.8) is 0 Å². The lowest BCUT2D eigenvalue weighted by molar-refractivity contribution is 0.107. The number of guanidine groups is 1. The van der Waals surface area contributed by atoms with Crippen LogP contribution in [0.4, 0.5) is 0 Å². The maximum atomic E-state index is 12.2. The van der Waals surface area contributed by atoms with E-state index in [2.05, 4.69) is 46.7 Å². The normalized spacial score (nSPS) is 17.6. The van der Waals surface area contributed by atoms with Crippen LogP contribution in [0.1, 0.15) is 30.5 Å². The summed E-state index contributed by atoms with van der Waals surface area (Å²) in [7, 11) is -1.34. The molecule has 2 aromatic rings. The molecule has 6 nitrogen and oxygen atoms in total. The van der Waals surface area contributed by atoms with Gasteiger partial charge in [-0.1, -0.05) is 54.6 Å². The highest BCUT2D eigenvalue weighted by Crippen LogP contribution is 2.23. The highest BCUT2D eigenvalue weighted by atomic mass is 127.